The lowest BCUT2D eigenvalue weighted by Gasteiger charge is -2.12. The van der Waals surface area contributed by atoms with Crippen molar-refractivity contribution in [2.75, 3.05) is 23.1 Å². The van der Waals surface area contributed by atoms with Crippen LogP contribution in [0.2, 0.25) is 0 Å². The second-order valence-corrected chi connectivity index (χ2v) is 10.9. The number of anilines is 2. The van der Waals surface area contributed by atoms with Crippen molar-refractivity contribution < 1.29 is 31.2 Å². The number of alkyl halides is 3. The number of fused-ring (bicyclic) bond motifs is 1. The molecule has 0 heterocycles. The van der Waals surface area contributed by atoms with Gasteiger partial charge in [-0.3, -0.25) is 14.3 Å². The van der Waals surface area contributed by atoms with Gasteiger partial charge in [-0.25, -0.2) is 8.42 Å². The van der Waals surface area contributed by atoms with E-state index in [2.05, 4.69) is 15.4 Å². The lowest BCUT2D eigenvalue weighted by Crippen LogP contribution is -2.28. The molecule has 0 radical (unpaired) electrons. The normalized spacial score (nSPS) is 11.7. The van der Waals surface area contributed by atoms with E-state index in [-0.39, 0.29) is 22.7 Å². The quantitative estimate of drug-likeness (QED) is 0.175. The number of carbonyl (C=O) groups is 2. The maximum atomic E-state index is 13.3. The Morgan fingerprint density at radius 1 is 0.775 bits per heavy atom. The minimum atomic E-state index is -5.17. The van der Waals surface area contributed by atoms with E-state index < -0.39 is 32.4 Å². The van der Waals surface area contributed by atoms with Gasteiger partial charge < -0.3 is 10.6 Å². The molecule has 0 aromatic heterocycles. The van der Waals surface area contributed by atoms with Gasteiger partial charge in [0.25, 0.3) is 21.7 Å². The summed E-state index contributed by atoms with van der Waals surface area (Å²) in [6, 6.07) is 20.0. The van der Waals surface area contributed by atoms with Gasteiger partial charge in [0.15, 0.2) is 0 Å². The second-order valence-electron chi connectivity index (χ2n) is 9.23. The molecule has 3 N–H and O–H groups in total. The SMILES string of the molecule is Cc1ccc2c(C(=O)C(F)(F)F)cc(S(=O)(=O)Nc3cccc(NCCNC(=O)c4cccc(C)c4)c3)c-2cc1. The summed E-state index contributed by atoms with van der Waals surface area (Å²) in [7, 11) is -4.38. The highest BCUT2D eigenvalue weighted by molar-refractivity contribution is 7.92. The fourth-order valence-electron chi connectivity index (χ4n) is 4.14. The molecule has 0 unspecified atom stereocenters. The van der Waals surface area contributed by atoms with E-state index in [1.54, 1.807) is 43.3 Å². The molecule has 0 bridgehead atoms. The molecule has 0 saturated carbocycles. The van der Waals surface area contributed by atoms with Gasteiger partial charge in [-0.1, -0.05) is 53.6 Å². The van der Waals surface area contributed by atoms with Crippen LogP contribution in [0.5, 0.6) is 0 Å². The molecular formula is C29H26F3N3O4S. The predicted molar refractivity (Wildman–Crippen MR) is 147 cm³/mol. The number of benzene rings is 2. The van der Waals surface area contributed by atoms with Crippen LogP contribution in [0.4, 0.5) is 24.5 Å². The number of amides is 1. The summed E-state index contributed by atoms with van der Waals surface area (Å²) >= 11 is 0. The monoisotopic (exact) mass is 569 g/mol. The largest absolute Gasteiger partial charge is 0.454 e. The van der Waals surface area contributed by atoms with Crippen molar-refractivity contribution in [1.82, 2.24) is 5.32 Å². The van der Waals surface area contributed by atoms with Crippen LogP contribution < -0.4 is 15.4 Å². The zero-order valence-electron chi connectivity index (χ0n) is 21.6. The summed E-state index contributed by atoms with van der Waals surface area (Å²) in [5.41, 5.74) is 2.03. The van der Waals surface area contributed by atoms with Gasteiger partial charge in [0.1, 0.15) is 0 Å². The van der Waals surface area contributed by atoms with E-state index in [0.717, 1.165) is 11.6 Å². The summed E-state index contributed by atoms with van der Waals surface area (Å²) in [4.78, 5) is 23.9. The number of halogens is 3. The second kappa shape index (κ2) is 11.4. The zero-order chi connectivity index (χ0) is 29.1. The molecule has 2 aromatic carbocycles. The van der Waals surface area contributed by atoms with Gasteiger partial charge >= 0.3 is 6.18 Å². The summed E-state index contributed by atoms with van der Waals surface area (Å²) < 4.78 is 68.8. The van der Waals surface area contributed by atoms with Crippen LogP contribution in [0.15, 0.2) is 83.8 Å². The Balaban J connectivity index is 1.50. The van der Waals surface area contributed by atoms with Crippen molar-refractivity contribution in [3.05, 3.63) is 101 Å². The Morgan fingerprint density at radius 3 is 2.15 bits per heavy atom. The van der Waals surface area contributed by atoms with Crippen molar-refractivity contribution in [2.24, 2.45) is 0 Å². The number of sulfonamides is 1. The van der Waals surface area contributed by atoms with Crippen molar-refractivity contribution in [3.63, 3.8) is 0 Å². The highest BCUT2D eigenvalue weighted by Crippen LogP contribution is 2.38. The van der Waals surface area contributed by atoms with Crippen molar-refractivity contribution in [2.45, 2.75) is 24.9 Å². The van der Waals surface area contributed by atoms with Gasteiger partial charge in [-0.2, -0.15) is 13.2 Å². The minimum absolute atomic E-state index is 0.00756. The maximum absolute atomic E-state index is 13.3. The molecule has 11 heteroatoms. The Bertz CT molecular complexity index is 1650. The Hall–Kier alpha value is -4.38. The van der Waals surface area contributed by atoms with Crippen molar-refractivity contribution in [3.8, 4) is 11.1 Å². The first kappa shape index (κ1) is 28.6. The lowest BCUT2D eigenvalue weighted by molar-refractivity contribution is -0.0884. The van der Waals surface area contributed by atoms with Crippen LogP contribution in [0.25, 0.3) is 11.1 Å². The van der Waals surface area contributed by atoms with Gasteiger partial charge in [-0.15, -0.1) is 0 Å². The van der Waals surface area contributed by atoms with Crippen LogP contribution in [-0.2, 0) is 10.0 Å². The molecule has 0 atom stereocenters. The molecular weight excluding hydrogens is 543 g/mol. The average molecular weight is 570 g/mol. The third kappa shape index (κ3) is 6.60. The predicted octanol–water partition coefficient (Wildman–Crippen LogP) is 5.80. The third-order valence-corrected chi connectivity index (χ3v) is 7.49. The molecule has 2 aliphatic rings. The summed E-state index contributed by atoms with van der Waals surface area (Å²) in [5, 5.41) is 5.88. The summed E-state index contributed by atoms with van der Waals surface area (Å²) in [6.45, 7) is 4.24. The number of rotatable bonds is 9. The minimum Gasteiger partial charge on any atom is -0.383 e. The van der Waals surface area contributed by atoms with Crippen LogP contribution >= 0.6 is 0 Å². The molecule has 0 aliphatic heterocycles. The average Bonchev–Trinajstić information content (AvgIpc) is 3.16. The molecule has 0 spiro atoms. The van der Waals surface area contributed by atoms with E-state index in [4.69, 9.17) is 0 Å². The van der Waals surface area contributed by atoms with E-state index in [1.165, 1.54) is 30.3 Å². The van der Waals surface area contributed by atoms with Crippen molar-refractivity contribution in [1.29, 1.82) is 0 Å². The first-order valence-corrected chi connectivity index (χ1v) is 13.7. The van der Waals surface area contributed by atoms with Gasteiger partial charge in [-0.05, 0) is 55.8 Å². The van der Waals surface area contributed by atoms with E-state index in [0.29, 0.717) is 29.9 Å². The molecule has 2 aromatic rings. The van der Waals surface area contributed by atoms with Gasteiger partial charge in [0.2, 0.25) is 0 Å². The fraction of sp³-hybridized carbons (Fsp3) is 0.172. The molecule has 4 rings (SSSR count). The Morgan fingerprint density at radius 2 is 1.45 bits per heavy atom. The molecule has 0 fully saturated rings. The topological polar surface area (TPSA) is 104 Å². The number of hydrogen-bond donors (Lipinski definition) is 3. The van der Waals surface area contributed by atoms with Gasteiger partial charge in [0.05, 0.1) is 10.6 Å². The molecule has 7 nitrogen and oxygen atoms in total. The number of Topliss-reactive ketones (excluding diaryl/α,β-unsaturated/α-hetero) is 1. The first-order chi connectivity index (χ1) is 18.8. The number of nitrogens with one attached hydrogen (secondary N) is 3. The molecule has 1 amide bonds. The number of hydrogen-bond acceptors (Lipinski definition) is 5. The van der Waals surface area contributed by atoms with Crippen LogP contribution in [0, 0.1) is 13.8 Å². The fourth-order valence-corrected chi connectivity index (χ4v) is 5.43. The highest BCUT2D eigenvalue weighted by atomic mass is 32.2. The maximum Gasteiger partial charge on any atom is 0.454 e. The number of aryl methyl sites for hydroxylation is 2. The summed E-state index contributed by atoms with van der Waals surface area (Å²) in [5.74, 6) is -2.34. The molecule has 40 heavy (non-hydrogen) atoms. The highest BCUT2D eigenvalue weighted by Gasteiger charge is 2.42. The molecule has 208 valence electrons. The zero-order valence-corrected chi connectivity index (χ0v) is 22.4. The smallest absolute Gasteiger partial charge is 0.383 e. The number of carbonyl (C=O) groups excluding carboxylic acids is 2. The molecule has 2 aliphatic carbocycles. The van der Waals surface area contributed by atoms with Crippen LogP contribution in [0.1, 0.15) is 31.8 Å². The van der Waals surface area contributed by atoms with E-state index in [1.807, 2.05) is 13.0 Å². The first-order valence-electron chi connectivity index (χ1n) is 12.2. The van der Waals surface area contributed by atoms with Crippen molar-refractivity contribution >= 4 is 33.1 Å². The standard InChI is InChI=1S/C29H26F3N3O4S/c1-18-9-11-23-24(12-10-18)26(17-25(23)27(36)29(30,31)32)40(38,39)35-22-8-4-7-21(16-22)33-13-14-34-28(37)20-6-3-5-19(2)15-20/h3-12,15-17,33,35H,13-14H2,1-2H3,(H,34,37). The number of ketones is 1. The van der Waals surface area contributed by atoms with E-state index in [9.17, 15) is 31.2 Å². The third-order valence-electron chi connectivity index (χ3n) is 6.07. The van der Waals surface area contributed by atoms with E-state index >= 15 is 0 Å². The molecule has 0 saturated heterocycles. The van der Waals surface area contributed by atoms with Gasteiger partial charge in [0, 0.05) is 35.5 Å². The Kier molecular flexibility index (Phi) is 8.15. The Labute approximate surface area is 229 Å². The van der Waals surface area contributed by atoms with Crippen LogP contribution in [0.3, 0.4) is 0 Å². The van der Waals surface area contributed by atoms with Crippen LogP contribution in [-0.4, -0.2) is 39.4 Å². The summed E-state index contributed by atoms with van der Waals surface area (Å²) in [6.07, 6.45) is -5.17. The lowest BCUT2D eigenvalue weighted by atomic mass is 10.1.